The Morgan fingerprint density at radius 3 is 2.35 bits per heavy atom. The van der Waals surface area contributed by atoms with E-state index in [-0.39, 0.29) is 23.2 Å². The summed E-state index contributed by atoms with van der Waals surface area (Å²) in [6, 6.07) is 20.4. The van der Waals surface area contributed by atoms with Crippen molar-refractivity contribution in [2.45, 2.75) is 18.6 Å². The van der Waals surface area contributed by atoms with Crippen molar-refractivity contribution >= 4 is 6.29 Å². The monoisotopic (exact) mass is 346 g/mol. The van der Waals surface area contributed by atoms with Crippen molar-refractivity contribution in [2.24, 2.45) is 0 Å². The van der Waals surface area contributed by atoms with Crippen LogP contribution in [0.2, 0.25) is 0 Å². The van der Waals surface area contributed by atoms with Crippen molar-refractivity contribution in [3.8, 4) is 11.5 Å². The van der Waals surface area contributed by atoms with Crippen LogP contribution in [0.25, 0.3) is 0 Å². The second-order valence-electron chi connectivity index (χ2n) is 6.37. The summed E-state index contributed by atoms with van der Waals surface area (Å²) in [4.78, 5) is 11.6. The lowest BCUT2D eigenvalue weighted by atomic mass is 9.86. The van der Waals surface area contributed by atoms with Crippen LogP contribution in [0.1, 0.15) is 44.8 Å². The molecule has 1 aliphatic rings. The van der Waals surface area contributed by atoms with Gasteiger partial charge in [0.2, 0.25) is 0 Å². The third-order valence-corrected chi connectivity index (χ3v) is 4.84. The molecule has 1 aliphatic heterocycles. The molecule has 0 saturated heterocycles. The van der Waals surface area contributed by atoms with Crippen LogP contribution in [-0.4, -0.2) is 16.5 Å². The third-order valence-electron chi connectivity index (χ3n) is 4.84. The van der Waals surface area contributed by atoms with E-state index in [0.29, 0.717) is 18.3 Å². The van der Waals surface area contributed by atoms with Crippen LogP contribution in [0.3, 0.4) is 0 Å². The minimum Gasteiger partial charge on any atom is -0.508 e. The molecule has 130 valence electrons. The molecule has 2 N–H and O–H groups in total. The Balaban J connectivity index is 1.88. The molecule has 4 heteroatoms. The molecule has 0 aliphatic carbocycles. The molecule has 26 heavy (non-hydrogen) atoms. The van der Waals surface area contributed by atoms with E-state index in [1.165, 1.54) is 12.1 Å². The summed E-state index contributed by atoms with van der Waals surface area (Å²) in [6.45, 7) is 0. The summed E-state index contributed by atoms with van der Waals surface area (Å²) in [7, 11) is 0. The lowest BCUT2D eigenvalue weighted by molar-refractivity contribution is -0.00680. The van der Waals surface area contributed by atoms with Crippen molar-refractivity contribution in [1.29, 1.82) is 0 Å². The molecule has 3 aromatic rings. The van der Waals surface area contributed by atoms with Gasteiger partial charge in [0.05, 0.1) is 11.7 Å². The maximum atomic E-state index is 11.6. The zero-order valence-corrected chi connectivity index (χ0v) is 14.0. The number of benzene rings is 3. The summed E-state index contributed by atoms with van der Waals surface area (Å²) in [6.07, 6.45) is 0.407. The van der Waals surface area contributed by atoms with Crippen LogP contribution < -0.4 is 0 Å². The van der Waals surface area contributed by atoms with Crippen LogP contribution in [-0.2, 0) is 11.2 Å². The fourth-order valence-electron chi connectivity index (χ4n) is 3.56. The van der Waals surface area contributed by atoms with Gasteiger partial charge in [-0.25, -0.2) is 0 Å². The van der Waals surface area contributed by atoms with Crippen molar-refractivity contribution in [2.75, 3.05) is 0 Å². The van der Waals surface area contributed by atoms with E-state index in [9.17, 15) is 15.0 Å². The highest BCUT2D eigenvalue weighted by atomic mass is 16.5. The molecule has 4 nitrogen and oxygen atoms in total. The van der Waals surface area contributed by atoms with Gasteiger partial charge in [0, 0.05) is 12.0 Å². The first-order valence-electron chi connectivity index (χ1n) is 8.47. The third kappa shape index (κ3) is 2.74. The second-order valence-corrected chi connectivity index (χ2v) is 6.37. The SMILES string of the molecule is O=Cc1c(O)ccc(O)c1[C@@H]1O[C@H](c2ccccc2)Cc2ccccc21. The van der Waals surface area contributed by atoms with Crippen LogP contribution in [0.4, 0.5) is 0 Å². The Hall–Kier alpha value is -3.11. The molecule has 4 rings (SSSR count). The van der Waals surface area contributed by atoms with E-state index < -0.39 is 6.10 Å². The summed E-state index contributed by atoms with van der Waals surface area (Å²) in [5.41, 5.74) is 3.37. The Bertz CT molecular complexity index is 950. The number of aromatic hydroxyl groups is 2. The van der Waals surface area contributed by atoms with Gasteiger partial charge in [0.15, 0.2) is 6.29 Å². The van der Waals surface area contributed by atoms with Gasteiger partial charge in [0.25, 0.3) is 0 Å². The number of hydrogen-bond acceptors (Lipinski definition) is 4. The van der Waals surface area contributed by atoms with Crippen LogP contribution in [0.15, 0.2) is 66.7 Å². The predicted molar refractivity (Wildman–Crippen MR) is 97.4 cm³/mol. The minimum atomic E-state index is -0.641. The number of hydrogen-bond donors (Lipinski definition) is 2. The highest BCUT2D eigenvalue weighted by molar-refractivity contribution is 5.83. The highest BCUT2D eigenvalue weighted by Crippen LogP contribution is 2.45. The van der Waals surface area contributed by atoms with Gasteiger partial charge in [-0.3, -0.25) is 4.79 Å². The average molecular weight is 346 g/mol. The summed E-state index contributed by atoms with van der Waals surface area (Å²) >= 11 is 0. The maximum Gasteiger partial charge on any atom is 0.154 e. The number of phenols is 2. The number of fused-ring (bicyclic) bond motifs is 1. The molecule has 0 spiro atoms. The fourth-order valence-corrected chi connectivity index (χ4v) is 3.56. The molecular weight excluding hydrogens is 328 g/mol. The standard InChI is InChI=1S/C22H18O4/c23-13-17-18(24)10-11-19(25)21(17)22-16-9-5-4-8-15(16)12-20(26-22)14-6-2-1-3-7-14/h1-11,13,20,22,24-25H,12H2/t20-,22+/m0/s1. The van der Waals surface area contributed by atoms with E-state index >= 15 is 0 Å². The van der Waals surface area contributed by atoms with E-state index in [1.807, 2.05) is 54.6 Å². The predicted octanol–water partition coefficient (Wildman–Crippen LogP) is 4.31. The van der Waals surface area contributed by atoms with Gasteiger partial charge < -0.3 is 14.9 Å². The Kier molecular flexibility index (Phi) is 4.19. The molecular formula is C22H18O4. The first-order chi connectivity index (χ1) is 12.7. The first-order valence-corrected chi connectivity index (χ1v) is 8.47. The quantitative estimate of drug-likeness (QED) is 0.548. The largest absolute Gasteiger partial charge is 0.508 e. The van der Waals surface area contributed by atoms with Gasteiger partial charge >= 0.3 is 0 Å². The van der Waals surface area contributed by atoms with Crippen molar-refractivity contribution in [3.63, 3.8) is 0 Å². The molecule has 0 radical (unpaired) electrons. The molecule has 0 fully saturated rings. The van der Waals surface area contributed by atoms with E-state index in [2.05, 4.69) is 0 Å². The summed E-state index contributed by atoms with van der Waals surface area (Å²) < 4.78 is 6.33. The van der Waals surface area contributed by atoms with Gasteiger partial charge in [-0.2, -0.15) is 0 Å². The smallest absolute Gasteiger partial charge is 0.154 e. The van der Waals surface area contributed by atoms with E-state index in [4.69, 9.17) is 4.74 Å². The lowest BCUT2D eigenvalue weighted by Gasteiger charge is -2.33. The van der Waals surface area contributed by atoms with E-state index in [1.54, 1.807) is 0 Å². The van der Waals surface area contributed by atoms with Crippen molar-refractivity contribution in [1.82, 2.24) is 0 Å². The highest BCUT2D eigenvalue weighted by Gasteiger charge is 2.33. The molecule has 0 amide bonds. The number of phenolic OH excluding ortho intramolecular Hbond substituents is 2. The zero-order valence-electron chi connectivity index (χ0n) is 14.0. The van der Waals surface area contributed by atoms with Crippen molar-refractivity contribution < 1.29 is 19.7 Å². The van der Waals surface area contributed by atoms with Crippen LogP contribution in [0, 0.1) is 0 Å². The molecule has 0 aromatic heterocycles. The number of carbonyl (C=O) groups is 1. The van der Waals surface area contributed by atoms with Gasteiger partial charge in [0.1, 0.15) is 17.6 Å². The maximum absolute atomic E-state index is 11.6. The normalized spacial score (nSPS) is 18.9. The number of ether oxygens (including phenoxy) is 1. The first kappa shape index (κ1) is 16.4. The Labute approximate surface area is 151 Å². The van der Waals surface area contributed by atoms with Crippen LogP contribution >= 0.6 is 0 Å². The van der Waals surface area contributed by atoms with Crippen LogP contribution in [0.5, 0.6) is 11.5 Å². The minimum absolute atomic E-state index is 0.0542. The van der Waals surface area contributed by atoms with Gasteiger partial charge in [-0.05, 0) is 28.8 Å². The fraction of sp³-hybridized carbons (Fsp3) is 0.136. The summed E-state index contributed by atoms with van der Waals surface area (Å²) in [5, 5.41) is 20.5. The van der Waals surface area contributed by atoms with Crippen molar-refractivity contribution in [3.05, 3.63) is 94.5 Å². The molecule has 3 aromatic carbocycles. The van der Waals surface area contributed by atoms with Gasteiger partial charge in [-0.1, -0.05) is 54.6 Å². The number of rotatable bonds is 3. The lowest BCUT2D eigenvalue weighted by Crippen LogP contribution is -2.22. The number of carbonyl (C=O) groups excluding carboxylic acids is 1. The van der Waals surface area contributed by atoms with Gasteiger partial charge in [-0.15, -0.1) is 0 Å². The molecule has 0 unspecified atom stereocenters. The zero-order chi connectivity index (χ0) is 18.1. The van der Waals surface area contributed by atoms with E-state index in [0.717, 1.165) is 16.7 Å². The molecule has 0 saturated carbocycles. The molecule has 1 heterocycles. The average Bonchev–Trinajstić information content (AvgIpc) is 2.69. The Morgan fingerprint density at radius 2 is 1.58 bits per heavy atom. The Morgan fingerprint density at radius 1 is 0.885 bits per heavy atom. The number of aldehydes is 1. The molecule has 0 bridgehead atoms. The second kappa shape index (κ2) is 6.65. The summed E-state index contributed by atoms with van der Waals surface area (Å²) in [5.74, 6) is -0.242. The topological polar surface area (TPSA) is 66.8 Å². The molecule has 2 atom stereocenters.